The third-order valence-corrected chi connectivity index (χ3v) is 2.35. The predicted octanol–water partition coefficient (Wildman–Crippen LogP) is 2.97. The number of fused-ring (bicyclic) bond motifs is 1. The molecule has 0 N–H and O–H groups in total. The van der Waals surface area contributed by atoms with Gasteiger partial charge in [0.15, 0.2) is 0 Å². The zero-order valence-electron chi connectivity index (χ0n) is 7.16. The number of hydrogen-bond acceptors (Lipinski definition) is 1. The molecular weight excluding hydrogens is 228 g/mol. The molecule has 0 saturated heterocycles. The summed E-state index contributed by atoms with van der Waals surface area (Å²) < 4.78 is 5.59. The summed E-state index contributed by atoms with van der Waals surface area (Å²) in [6, 6.07) is 8.23. The standard InChI is InChI=1S/C11H10BrO/c12-7-8-13-11-6-5-9-3-1-2-4-10(9)11/h1-5,11H,7-8H2. The van der Waals surface area contributed by atoms with E-state index in [0.29, 0.717) is 0 Å². The lowest BCUT2D eigenvalue weighted by Gasteiger charge is -2.10. The Morgan fingerprint density at radius 3 is 3.08 bits per heavy atom. The minimum absolute atomic E-state index is 0.0359. The van der Waals surface area contributed by atoms with Crippen molar-refractivity contribution in [1.82, 2.24) is 0 Å². The summed E-state index contributed by atoms with van der Waals surface area (Å²) in [5, 5.41) is 0.868. The molecule has 1 atom stereocenters. The second-order valence-corrected chi connectivity index (χ2v) is 3.67. The van der Waals surface area contributed by atoms with Gasteiger partial charge in [0.2, 0.25) is 0 Å². The van der Waals surface area contributed by atoms with Crippen LogP contribution in [0.1, 0.15) is 17.2 Å². The zero-order valence-corrected chi connectivity index (χ0v) is 8.75. The van der Waals surface area contributed by atoms with Gasteiger partial charge in [-0.3, -0.25) is 0 Å². The summed E-state index contributed by atoms with van der Waals surface area (Å²) in [6.07, 6.45) is 5.22. The molecule has 2 heteroatoms. The van der Waals surface area contributed by atoms with Crippen LogP contribution in [-0.4, -0.2) is 11.9 Å². The largest absolute Gasteiger partial charge is 0.368 e. The van der Waals surface area contributed by atoms with E-state index in [0.717, 1.165) is 11.9 Å². The lowest BCUT2D eigenvalue weighted by molar-refractivity contribution is 0.0968. The Balaban J connectivity index is 2.14. The SMILES string of the molecule is BrCCOC1[C]=Cc2ccccc21. The Bertz CT molecular complexity index is 320. The number of halogens is 1. The fourth-order valence-electron chi connectivity index (χ4n) is 1.44. The zero-order chi connectivity index (χ0) is 9.10. The van der Waals surface area contributed by atoms with Crippen LogP contribution in [0.25, 0.3) is 6.08 Å². The molecule has 1 aromatic rings. The van der Waals surface area contributed by atoms with Crippen molar-refractivity contribution in [3.63, 3.8) is 0 Å². The number of benzene rings is 1. The summed E-state index contributed by atoms with van der Waals surface area (Å²) in [5.41, 5.74) is 2.45. The van der Waals surface area contributed by atoms with Gasteiger partial charge in [-0.15, -0.1) is 0 Å². The fraction of sp³-hybridized carbons (Fsp3) is 0.273. The van der Waals surface area contributed by atoms with Crippen LogP contribution >= 0.6 is 15.9 Å². The highest BCUT2D eigenvalue weighted by Crippen LogP contribution is 2.29. The highest BCUT2D eigenvalue weighted by molar-refractivity contribution is 9.09. The van der Waals surface area contributed by atoms with Crippen LogP contribution in [0.5, 0.6) is 0 Å². The summed E-state index contributed by atoms with van der Waals surface area (Å²) >= 11 is 3.33. The van der Waals surface area contributed by atoms with Crippen LogP contribution in [-0.2, 0) is 4.74 Å². The van der Waals surface area contributed by atoms with Crippen molar-refractivity contribution < 1.29 is 4.74 Å². The van der Waals surface area contributed by atoms with Crippen LogP contribution in [0.3, 0.4) is 0 Å². The van der Waals surface area contributed by atoms with Gasteiger partial charge in [-0.1, -0.05) is 40.2 Å². The predicted molar refractivity (Wildman–Crippen MR) is 56.6 cm³/mol. The maximum atomic E-state index is 5.59. The summed E-state index contributed by atoms with van der Waals surface area (Å²) in [4.78, 5) is 0. The first-order valence-electron chi connectivity index (χ1n) is 4.27. The lowest BCUT2D eigenvalue weighted by Crippen LogP contribution is -2.02. The minimum Gasteiger partial charge on any atom is -0.368 e. The van der Waals surface area contributed by atoms with Crippen LogP contribution < -0.4 is 0 Å². The summed E-state index contributed by atoms with van der Waals surface area (Å²) in [5.74, 6) is 0. The molecule has 1 nitrogen and oxygen atoms in total. The number of hydrogen-bond donors (Lipinski definition) is 0. The van der Waals surface area contributed by atoms with Gasteiger partial charge in [-0.25, -0.2) is 0 Å². The Labute approximate surface area is 86.5 Å². The fourth-order valence-corrected chi connectivity index (χ4v) is 1.62. The summed E-state index contributed by atoms with van der Waals surface area (Å²) in [7, 11) is 0. The first-order valence-corrected chi connectivity index (χ1v) is 5.40. The second kappa shape index (κ2) is 4.07. The van der Waals surface area contributed by atoms with Crippen molar-refractivity contribution in [3.8, 4) is 0 Å². The smallest absolute Gasteiger partial charge is 0.109 e. The van der Waals surface area contributed by atoms with Crippen molar-refractivity contribution in [2.45, 2.75) is 6.10 Å². The van der Waals surface area contributed by atoms with Gasteiger partial charge in [-0.2, -0.15) is 0 Å². The van der Waals surface area contributed by atoms with Crippen LogP contribution in [0.4, 0.5) is 0 Å². The van der Waals surface area contributed by atoms with Gasteiger partial charge >= 0.3 is 0 Å². The van der Waals surface area contributed by atoms with Crippen molar-refractivity contribution in [2.24, 2.45) is 0 Å². The van der Waals surface area contributed by atoms with E-state index >= 15 is 0 Å². The second-order valence-electron chi connectivity index (χ2n) is 2.88. The van der Waals surface area contributed by atoms with E-state index in [4.69, 9.17) is 4.74 Å². The van der Waals surface area contributed by atoms with E-state index in [1.165, 1.54) is 11.1 Å². The van der Waals surface area contributed by atoms with E-state index < -0.39 is 0 Å². The van der Waals surface area contributed by atoms with Gasteiger partial charge in [0.05, 0.1) is 6.61 Å². The highest BCUT2D eigenvalue weighted by Gasteiger charge is 2.16. The number of ether oxygens (including phenoxy) is 1. The topological polar surface area (TPSA) is 9.23 Å². The molecule has 1 radical (unpaired) electrons. The first kappa shape index (κ1) is 8.97. The molecule has 1 aliphatic carbocycles. The number of rotatable bonds is 3. The lowest BCUT2D eigenvalue weighted by atomic mass is 10.1. The van der Waals surface area contributed by atoms with Gasteiger partial charge in [-0.05, 0) is 23.3 Å². The number of alkyl halides is 1. The Hall–Kier alpha value is -0.600. The average Bonchev–Trinajstić information content (AvgIpc) is 2.58. The van der Waals surface area contributed by atoms with Crippen molar-refractivity contribution >= 4 is 22.0 Å². The molecule has 2 rings (SSSR count). The quantitative estimate of drug-likeness (QED) is 0.735. The average molecular weight is 238 g/mol. The molecular formula is C11H10BrO. The van der Waals surface area contributed by atoms with Gasteiger partial charge < -0.3 is 4.74 Å². The van der Waals surface area contributed by atoms with E-state index in [2.05, 4.69) is 34.1 Å². The van der Waals surface area contributed by atoms with Gasteiger partial charge in [0, 0.05) is 5.33 Å². The molecule has 0 heterocycles. The molecule has 0 bridgehead atoms. The van der Waals surface area contributed by atoms with E-state index in [9.17, 15) is 0 Å². The van der Waals surface area contributed by atoms with Crippen molar-refractivity contribution in [1.29, 1.82) is 0 Å². The monoisotopic (exact) mass is 237 g/mol. The molecule has 0 amide bonds. The normalized spacial score (nSPS) is 19.0. The Kier molecular flexibility index (Phi) is 2.81. The molecule has 1 aromatic carbocycles. The maximum absolute atomic E-state index is 5.59. The van der Waals surface area contributed by atoms with Crippen molar-refractivity contribution in [2.75, 3.05) is 11.9 Å². The van der Waals surface area contributed by atoms with Crippen LogP contribution in [0.2, 0.25) is 0 Å². The molecule has 0 spiro atoms. The third-order valence-electron chi connectivity index (χ3n) is 2.03. The minimum atomic E-state index is 0.0359. The van der Waals surface area contributed by atoms with Gasteiger partial charge in [0.1, 0.15) is 6.10 Å². The Morgan fingerprint density at radius 1 is 1.38 bits per heavy atom. The highest BCUT2D eigenvalue weighted by atomic mass is 79.9. The van der Waals surface area contributed by atoms with Crippen molar-refractivity contribution in [3.05, 3.63) is 41.5 Å². The molecule has 0 aromatic heterocycles. The first-order chi connectivity index (χ1) is 6.42. The van der Waals surface area contributed by atoms with E-state index in [1.807, 2.05) is 18.2 Å². The Morgan fingerprint density at radius 2 is 2.23 bits per heavy atom. The molecule has 1 unspecified atom stereocenters. The van der Waals surface area contributed by atoms with E-state index in [1.54, 1.807) is 0 Å². The molecule has 0 aliphatic heterocycles. The summed E-state index contributed by atoms with van der Waals surface area (Å²) in [6.45, 7) is 0.722. The van der Waals surface area contributed by atoms with Crippen LogP contribution in [0.15, 0.2) is 24.3 Å². The molecule has 0 fully saturated rings. The molecule has 1 aliphatic rings. The molecule has 67 valence electrons. The van der Waals surface area contributed by atoms with E-state index in [-0.39, 0.29) is 6.10 Å². The third kappa shape index (κ3) is 1.84. The maximum Gasteiger partial charge on any atom is 0.109 e. The van der Waals surface area contributed by atoms with Gasteiger partial charge in [0.25, 0.3) is 0 Å². The molecule has 13 heavy (non-hydrogen) atoms. The molecule has 0 saturated carbocycles. The van der Waals surface area contributed by atoms with Crippen LogP contribution in [0, 0.1) is 6.08 Å².